The maximum absolute atomic E-state index is 10.6. The summed E-state index contributed by atoms with van der Waals surface area (Å²) >= 11 is 0. The number of hydrogen-bond donors (Lipinski definition) is 3. The normalized spacial score (nSPS) is 11.9. The summed E-state index contributed by atoms with van der Waals surface area (Å²) in [5.41, 5.74) is 6.35. The number of benzene rings is 1. The summed E-state index contributed by atoms with van der Waals surface area (Å²) in [6.45, 7) is 2.97. The van der Waals surface area contributed by atoms with Crippen molar-refractivity contribution in [1.29, 1.82) is 0 Å². The summed E-state index contributed by atoms with van der Waals surface area (Å²) in [6.07, 6.45) is 0.0694. The third-order valence-corrected chi connectivity index (χ3v) is 2.22. The number of anilines is 1. The molecule has 0 aliphatic carbocycles. The summed E-state index contributed by atoms with van der Waals surface area (Å²) < 4.78 is 5.21. The van der Waals surface area contributed by atoms with Crippen LogP contribution in [0.1, 0.15) is 13.3 Å². The van der Waals surface area contributed by atoms with Crippen molar-refractivity contribution >= 4 is 11.7 Å². The minimum Gasteiger partial charge on any atom is -0.479 e. The second-order valence-electron chi connectivity index (χ2n) is 3.69. The first-order valence-electron chi connectivity index (χ1n) is 5.57. The van der Waals surface area contributed by atoms with E-state index in [1.807, 2.05) is 12.1 Å². The Balaban J connectivity index is 2.47. The number of carbonyl (C=O) groups is 1. The third kappa shape index (κ3) is 4.74. The number of hydrogen-bond acceptors (Lipinski definition) is 4. The molecule has 0 saturated carbocycles. The largest absolute Gasteiger partial charge is 0.479 e. The van der Waals surface area contributed by atoms with Gasteiger partial charge in [-0.2, -0.15) is 0 Å². The van der Waals surface area contributed by atoms with Gasteiger partial charge >= 0.3 is 5.97 Å². The third-order valence-electron chi connectivity index (χ3n) is 2.22. The standard InChI is InChI=1S/C12H18N2O3/c1-9(12(15)16)17-11-5-3-10(4-6-11)14-8-2-7-13/h3-6,9,14H,2,7-8,13H2,1H3,(H,15,16). The molecule has 0 heterocycles. The molecule has 5 heteroatoms. The number of rotatable bonds is 7. The van der Waals surface area contributed by atoms with Gasteiger partial charge in [-0.3, -0.25) is 0 Å². The lowest BCUT2D eigenvalue weighted by Gasteiger charge is -2.11. The second-order valence-corrected chi connectivity index (χ2v) is 3.69. The molecule has 0 bridgehead atoms. The number of carboxylic acids is 1. The summed E-state index contributed by atoms with van der Waals surface area (Å²) in [4.78, 5) is 10.6. The molecule has 17 heavy (non-hydrogen) atoms. The Bertz CT molecular complexity index is 351. The van der Waals surface area contributed by atoms with Crippen molar-refractivity contribution in [3.8, 4) is 5.75 Å². The van der Waals surface area contributed by atoms with Crippen LogP contribution < -0.4 is 15.8 Å². The molecule has 0 amide bonds. The molecule has 1 aromatic carbocycles. The molecule has 0 aromatic heterocycles. The van der Waals surface area contributed by atoms with Crippen molar-refractivity contribution in [2.45, 2.75) is 19.4 Å². The topological polar surface area (TPSA) is 84.6 Å². The van der Waals surface area contributed by atoms with Crippen molar-refractivity contribution in [3.05, 3.63) is 24.3 Å². The maximum Gasteiger partial charge on any atom is 0.344 e. The van der Waals surface area contributed by atoms with E-state index in [2.05, 4.69) is 5.32 Å². The molecule has 0 radical (unpaired) electrons. The molecule has 1 unspecified atom stereocenters. The minimum atomic E-state index is -0.977. The number of ether oxygens (including phenoxy) is 1. The average molecular weight is 238 g/mol. The van der Waals surface area contributed by atoms with Gasteiger partial charge in [-0.05, 0) is 44.2 Å². The Labute approximate surface area is 101 Å². The van der Waals surface area contributed by atoms with Crippen LogP contribution in [-0.4, -0.2) is 30.3 Å². The monoisotopic (exact) mass is 238 g/mol. The predicted octanol–water partition coefficient (Wildman–Crippen LogP) is 1.30. The molecule has 1 atom stereocenters. The second kappa shape index (κ2) is 6.75. The van der Waals surface area contributed by atoms with E-state index in [0.717, 1.165) is 18.7 Å². The summed E-state index contributed by atoms with van der Waals surface area (Å²) in [7, 11) is 0. The van der Waals surface area contributed by atoms with Crippen LogP contribution >= 0.6 is 0 Å². The van der Waals surface area contributed by atoms with Gasteiger partial charge in [0.2, 0.25) is 0 Å². The van der Waals surface area contributed by atoms with Crippen molar-refractivity contribution in [2.24, 2.45) is 5.73 Å². The Morgan fingerprint density at radius 2 is 2.12 bits per heavy atom. The van der Waals surface area contributed by atoms with Gasteiger partial charge in [0, 0.05) is 12.2 Å². The van der Waals surface area contributed by atoms with Crippen LogP contribution in [-0.2, 0) is 4.79 Å². The SMILES string of the molecule is CC(Oc1ccc(NCCCN)cc1)C(=O)O. The average Bonchev–Trinajstić information content (AvgIpc) is 2.31. The molecule has 1 rings (SSSR count). The summed E-state index contributed by atoms with van der Waals surface area (Å²) in [5, 5.41) is 11.9. The minimum absolute atomic E-state index is 0.546. The van der Waals surface area contributed by atoms with Crippen molar-refractivity contribution in [1.82, 2.24) is 0 Å². The Morgan fingerprint density at radius 1 is 1.47 bits per heavy atom. The van der Waals surface area contributed by atoms with E-state index in [-0.39, 0.29) is 0 Å². The predicted molar refractivity (Wildman–Crippen MR) is 66.3 cm³/mol. The van der Waals surface area contributed by atoms with Gasteiger partial charge in [0.05, 0.1) is 0 Å². The van der Waals surface area contributed by atoms with E-state index in [9.17, 15) is 4.79 Å². The summed E-state index contributed by atoms with van der Waals surface area (Å²) in [5.74, 6) is -0.431. The first kappa shape index (κ1) is 13.3. The zero-order valence-electron chi connectivity index (χ0n) is 9.85. The fourth-order valence-electron chi connectivity index (χ4n) is 1.24. The Morgan fingerprint density at radius 3 is 2.65 bits per heavy atom. The lowest BCUT2D eigenvalue weighted by atomic mass is 10.3. The Hall–Kier alpha value is -1.75. The molecular formula is C12H18N2O3. The zero-order chi connectivity index (χ0) is 12.7. The van der Waals surface area contributed by atoms with Gasteiger partial charge in [-0.25, -0.2) is 4.79 Å². The van der Waals surface area contributed by atoms with Crippen LogP contribution in [0.4, 0.5) is 5.69 Å². The highest BCUT2D eigenvalue weighted by molar-refractivity contribution is 5.72. The van der Waals surface area contributed by atoms with Crippen LogP contribution in [0.25, 0.3) is 0 Å². The molecule has 5 nitrogen and oxygen atoms in total. The van der Waals surface area contributed by atoms with Crippen molar-refractivity contribution in [3.63, 3.8) is 0 Å². The quantitative estimate of drug-likeness (QED) is 0.623. The molecular weight excluding hydrogens is 220 g/mol. The molecule has 0 saturated heterocycles. The van der Waals surface area contributed by atoms with Gasteiger partial charge < -0.3 is 20.9 Å². The van der Waals surface area contributed by atoms with E-state index in [1.54, 1.807) is 12.1 Å². The van der Waals surface area contributed by atoms with Gasteiger partial charge in [0.25, 0.3) is 0 Å². The zero-order valence-corrected chi connectivity index (χ0v) is 9.85. The summed E-state index contributed by atoms with van der Waals surface area (Å²) in [6, 6.07) is 7.18. The Kier molecular flexibility index (Phi) is 5.29. The molecule has 94 valence electrons. The van der Waals surface area contributed by atoms with Gasteiger partial charge in [0.1, 0.15) is 5.75 Å². The lowest BCUT2D eigenvalue weighted by Crippen LogP contribution is -2.22. The first-order chi connectivity index (χ1) is 8.13. The fourth-order valence-corrected chi connectivity index (χ4v) is 1.24. The van der Waals surface area contributed by atoms with Crippen LogP contribution in [0.5, 0.6) is 5.75 Å². The van der Waals surface area contributed by atoms with Crippen LogP contribution in [0.3, 0.4) is 0 Å². The highest BCUT2D eigenvalue weighted by Gasteiger charge is 2.11. The molecule has 0 aliphatic heterocycles. The smallest absolute Gasteiger partial charge is 0.344 e. The fraction of sp³-hybridized carbons (Fsp3) is 0.417. The van der Waals surface area contributed by atoms with E-state index in [4.69, 9.17) is 15.6 Å². The highest BCUT2D eigenvalue weighted by Crippen LogP contribution is 2.16. The van der Waals surface area contributed by atoms with E-state index in [1.165, 1.54) is 6.92 Å². The van der Waals surface area contributed by atoms with Crippen LogP contribution in [0.15, 0.2) is 24.3 Å². The van der Waals surface area contributed by atoms with Gasteiger partial charge in [0.15, 0.2) is 6.10 Å². The molecule has 1 aromatic rings. The first-order valence-corrected chi connectivity index (χ1v) is 5.57. The molecule has 0 spiro atoms. The molecule has 0 aliphatic rings. The van der Waals surface area contributed by atoms with Crippen molar-refractivity contribution < 1.29 is 14.6 Å². The number of aliphatic carboxylic acids is 1. The van der Waals surface area contributed by atoms with Gasteiger partial charge in [-0.15, -0.1) is 0 Å². The van der Waals surface area contributed by atoms with Crippen molar-refractivity contribution in [2.75, 3.05) is 18.4 Å². The van der Waals surface area contributed by atoms with Crippen LogP contribution in [0.2, 0.25) is 0 Å². The molecule has 0 fully saturated rings. The highest BCUT2D eigenvalue weighted by atomic mass is 16.5. The van der Waals surface area contributed by atoms with E-state index >= 15 is 0 Å². The van der Waals surface area contributed by atoms with E-state index < -0.39 is 12.1 Å². The number of nitrogens with two attached hydrogens (primary N) is 1. The number of carboxylic acid groups (broad SMARTS) is 1. The lowest BCUT2D eigenvalue weighted by molar-refractivity contribution is -0.144. The maximum atomic E-state index is 10.6. The number of nitrogens with one attached hydrogen (secondary N) is 1. The van der Waals surface area contributed by atoms with Crippen LogP contribution in [0, 0.1) is 0 Å². The van der Waals surface area contributed by atoms with Gasteiger partial charge in [-0.1, -0.05) is 0 Å². The molecule has 4 N–H and O–H groups in total. The van der Waals surface area contributed by atoms with E-state index in [0.29, 0.717) is 12.3 Å².